The van der Waals surface area contributed by atoms with Crippen molar-refractivity contribution in [2.24, 2.45) is 9.98 Å². The van der Waals surface area contributed by atoms with Crippen LogP contribution in [-0.4, -0.2) is 40.7 Å². The van der Waals surface area contributed by atoms with Gasteiger partial charge in [-0.1, -0.05) is 39.3 Å². The third kappa shape index (κ3) is 14.0. The van der Waals surface area contributed by atoms with Crippen molar-refractivity contribution in [3.63, 3.8) is 0 Å². The lowest BCUT2D eigenvalue weighted by atomic mass is 10.2. The van der Waals surface area contributed by atoms with Crippen molar-refractivity contribution in [3.05, 3.63) is 0 Å². The fourth-order valence-corrected chi connectivity index (χ4v) is 3.21. The van der Waals surface area contributed by atoms with Gasteiger partial charge in [-0.25, -0.2) is 0 Å². The maximum Gasteiger partial charge on any atom is 0.0461 e. The molecule has 0 amide bonds. The van der Waals surface area contributed by atoms with Crippen LogP contribution >= 0.6 is 0 Å². The molecule has 4 heteroatoms. The molecule has 2 nitrogen and oxygen atoms in total. The van der Waals surface area contributed by atoms with Gasteiger partial charge in [0.15, 0.2) is 0 Å². The van der Waals surface area contributed by atoms with Crippen LogP contribution < -0.4 is 0 Å². The van der Waals surface area contributed by atoms with Gasteiger partial charge < -0.3 is 0 Å². The van der Waals surface area contributed by atoms with Gasteiger partial charge in [0.1, 0.15) is 0 Å². The molecule has 0 fully saturated rings. The maximum atomic E-state index is 4.69. The van der Waals surface area contributed by atoms with Gasteiger partial charge in [0.25, 0.3) is 0 Å². The van der Waals surface area contributed by atoms with Crippen molar-refractivity contribution in [3.8, 4) is 0 Å². The number of nitrogens with zero attached hydrogens (tertiary/aromatic N) is 2. The van der Waals surface area contributed by atoms with Crippen molar-refractivity contribution in [1.82, 2.24) is 0 Å². The summed E-state index contributed by atoms with van der Waals surface area (Å²) in [6.07, 6.45) is 0.956. The predicted molar refractivity (Wildman–Crippen MR) is 96.9 cm³/mol. The molecule has 0 rings (SSSR count). The monoisotopic (exact) mass is 298 g/mol. The van der Waals surface area contributed by atoms with Gasteiger partial charge in [0.05, 0.1) is 0 Å². The van der Waals surface area contributed by atoms with Crippen LogP contribution in [0, 0.1) is 0 Å². The lowest BCUT2D eigenvalue weighted by molar-refractivity contribution is 1.06. The van der Waals surface area contributed by atoms with Crippen LogP contribution in [-0.2, 0) is 0 Å². The molecule has 0 atom stereocenters. The fraction of sp³-hybridized carbons (Fsp3) is 0.867. The standard InChI is InChI=1S/C15H34N2Si2/c1-14(16-9-11-18(3,4)5)13-15(2)17-10-12-19(6,7)8/h9-13H2,1-8H3/b16-14+,17-15+. The number of aliphatic imine (C=N–C) groups is 2. The van der Waals surface area contributed by atoms with E-state index in [2.05, 4.69) is 63.1 Å². The van der Waals surface area contributed by atoms with Crippen LogP contribution in [0.5, 0.6) is 0 Å². The van der Waals surface area contributed by atoms with Gasteiger partial charge in [-0.05, 0) is 25.9 Å². The summed E-state index contributed by atoms with van der Waals surface area (Å²) in [5, 5.41) is 0. The van der Waals surface area contributed by atoms with Gasteiger partial charge in [0, 0.05) is 47.1 Å². The van der Waals surface area contributed by atoms with Gasteiger partial charge in [0.2, 0.25) is 0 Å². The highest BCUT2D eigenvalue weighted by molar-refractivity contribution is 6.76. The lowest BCUT2D eigenvalue weighted by Gasteiger charge is -2.14. The largest absolute Gasteiger partial charge is 0.294 e. The first-order valence-electron chi connectivity index (χ1n) is 7.49. The third-order valence-corrected chi connectivity index (χ3v) is 6.45. The van der Waals surface area contributed by atoms with E-state index in [-0.39, 0.29) is 0 Å². The van der Waals surface area contributed by atoms with E-state index >= 15 is 0 Å². The highest BCUT2D eigenvalue weighted by Crippen LogP contribution is 2.09. The maximum absolute atomic E-state index is 4.69. The van der Waals surface area contributed by atoms with Crippen LogP contribution in [0.2, 0.25) is 51.4 Å². The molecule has 0 saturated heterocycles. The Kier molecular flexibility index (Phi) is 8.05. The second-order valence-corrected chi connectivity index (χ2v) is 19.3. The molecule has 0 aromatic carbocycles. The molecule has 0 spiro atoms. The summed E-state index contributed by atoms with van der Waals surface area (Å²) in [6, 6.07) is 2.58. The summed E-state index contributed by atoms with van der Waals surface area (Å²) in [5.74, 6) is 0. The van der Waals surface area contributed by atoms with Gasteiger partial charge >= 0.3 is 0 Å². The van der Waals surface area contributed by atoms with Gasteiger partial charge in [-0.2, -0.15) is 0 Å². The van der Waals surface area contributed by atoms with E-state index in [1.165, 1.54) is 23.5 Å². The Hall–Kier alpha value is -0.226. The summed E-state index contributed by atoms with van der Waals surface area (Å²) < 4.78 is 0. The Labute approximate surface area is 122 Å². The van der Waals surface area contributed by atoms with Gasteiger partial charge in [-0.3, -0.25) is 9.98 Å². The number of hydrogen-bond acceptors (Lipinski definition) is 2. The third-order valence-electron chi connectivity index (χ3n) is 3.00. The van der Waals surface area contributed by atoms with E-state index < -0.39 is 16.1 Å². The molecule has 0 aliphatic carbocycles. The van der Waals surface area contributed by atoms with Crippen LogP contribution in [0.4, 0.5) is 0 Å². The van der Waals surface area contributed by atoms with Crippen LogP contribution in [0.3, 0.4) is 0 Å². The Bertz CT molecular complexity index is 288. The molecule has 0 heterocycles. The molecule has 0 aromatic rings. The average molecular weight is 299 g/mol. The zero-order chi connectivity index (χ0) is 15.1. The summed E-state index contributed by atoms with van der Waals surface area (Å²) in [7, 11) is -1.88. The Balaban J connectivity index is 4.07. The SMILES string of the molecule is C/C(C/C(C)=N/CC[Si](C)(C)C)=N\CC[Si](C)(C)C. The normalized spacial score (nSPS) is 14.9. The van der Waals surface area contributed by atoms with Crippen molar-refractivity contribution in [2.75, 3.05) is 13.1 Å². The Morgan fingerprint density at radius 3 is 1.26 bits per heavy atom. The minimum absolute atomic E-state index is 0.939. The summed E-state index contributed by atoms with van der Waals surface area (Å²) in [5.41, 5.74) is 2.49. The smallest absolute Gasteiger partial charge is 0.0461 e. The molecular weight excluding hydrogens is 264 g/mol. The van der Waals surface area contributed by atoms with Crippen LogP contribution in [0.25, 0.3) is 0 Å². The van der Waals surface area contributed by atoms with Crippen LogP contribution in [0.15, 0.2) is 9.98 Å². The number of hydrogen-bond donors (Lipinski definition) is 0. The fourth-order valence-electron chi connectivity index (χ4n) is 1.65. The first kappa shape index (κ1) is 18.8. The van der Waals surface area contributed by atoms with E-state index in [1.807, 2.05) is 0 Å². The average Bonchev–Trinajstić information content (AvgIpc) is 2.12. The predicted octanol–water partition coefficient (Wildman–Crippen LogP) is 4.97. The Morgan fingerprint density at radius 2 is 1.00 bits per heavy atom. The summed E-state index contributed by atoms with van der Waals surface area (Å²) in [4.78, 5) is 9.37. The summed E-state index contributed by atoms with van der Waals surface area (Å²) in [6.45, 7) is 20.7. The van der Waals surface area contributed by atoms with E-state index in [4.69, 9.17) is 0 Å². The molecule has 112 valence electrons. The minimum Gasteiger partial charge on any atom is -0.294 e. The lowest BCUT2D eigenvalue weighted by Crippen LogP contribution is -2.21. The van der Waals surface area contributed by atoms with Gasteiger partial charge in [-0.15, -0.1) is 0 Å². The first-order valence-corrected chi connectivity index (χ1v) is 14.9. The zero-order valence-corrected chi connectivity index (χ0v) is 16.4. The van der Waals surface area contributed by atoms with E-state index in [0.717, 1.165) is 19.5 Å². The van der Waals surface area contributed by atoms with Crippen molar-refractivity contribution in [2.45, 2.75) is 71.6 Å². The topological polar surface area (TPSA) is 24.7 Å². The highest BCUT2D eigenvalue weighted by atomic mass is 28.3. The Morgan fingerprint density at radius 1 is 0.684 bits per heavy atom. The van der Waals surface area contributed by atoms with Crippen molar-refractivity contribution >= 4 is 27.6 Å². The van der Waals surface area contributed by atoms with Crippen LogP contribution in [0.1, 0.15) is 20.3 Å². The highest BCUT2D eigenvalue weighted by Gasteiger charge is 2.12. The zero-order valence-electron chi connectivity index (χ0n) is 14.4. The molecule has 19 heavy (non-hydrogen) atoms. The molecule has 0 radical (unpaired) electrons. The molecule has 0 aliphatic rings. The quantitative estimate of drug-likeness (QED) is 0.446. The first-order chi connectivity index (χ1) is 8.49. The number of rotatable bonds is 8. The second kappa shape index (κ2) is 8.15. The molecule has 0 saturated carbocycles. The summed E-state index contributed by atoms with van der Waals surface area (Å²) >= 11 is 0. The molecule has 0 N–H and O–H groups in total. The second-order valence-electron chi connectivity index (χ2n) is 8.03. The molecule has 0 aromatic heterocycles. The molecule has 0 aliphatic heterocycles. The van der Waals surface area contributed by atoms with E-state index in [1.54, 1.807) is 0 Å². The van der Waals surface area contributed by atoms with Crippen molar-refractivity contribution in [1.29, 1.82) is 0 Å². The van der Waals surface area contributed by atoms with E-state index in [9.17, 15) is 0 Å². The minimum atomic E-state index is -0.939. The molecular formula is C15H34N2Si2. The molecule has 0 bridgehead atoms. The van der Waals surface area contributed by atoms with E-state index in [0.29, 0.717) is 0 Å². The van der Waals surface area contributed by atoms with Crippen molar-refractivity contribution < 1.29 is 0 Å². The molecule has 0 unspecified atom stereocenters.